The van der Waals surface area contributed by atoms with E-state index in [1.54, 1.807) is 11.9 Å². The fourth-order valence-electron chi connectivity index (χ4n) is 3.90. The molecular weight excluding hydrogens is 334 g/mol. The first-order valence-electron chi connectivity index (χ1n) is 9.10. The van der Waals surface area contributed by atoms with Gasteiger partial charge in [-0.2, -0.15) is 0 Å². The van der Waals surface area contributed by atoms with Crippen molar-refractivity contribution in [1.29, 1.82) is 0 Å². The van der Waals surface area contributed by atoms with Gasteiger partial charge in [0.15, 0.2) is 5.78 Å². The molecule has 0 spiro atoms. The van der Waals surface area contributed by atoms with Gasteiger partial charge in [0.05, 0.1) is 0 Å². The van der Waals surface area contributed by atoms with Gasteiger partial charge in [-0.25, -0.2) is 0 Å². The molecule has 3 aromatic carbocycles. The minimum absolute atomic E-state index is 0.129. The smallest absolute Gasteiger partial charge is 0.238 e. The second-order valence-corrected chi connectivity index (χ2v) is 7.05. The molecule has 4 rings (SSSR count). The highest BCUT2D eigenvalue weighted by atomic mass is 16.2. The Morgan fingerprint density at radius 1 is 0.852 bits per heavy atom. The zero-order chi connectivity index (χ0) is 19.0. The standard InChI is InChI=1S/C24H21NO2/c1-16-12-14-18(15-13-16)23(26)22-21(17-8-4-3-5-9-17)19-10-6-7-11-20(19)25(2)24(22)27/h3-15,21-22H,1-2H3. The SMILES string of the molecule is Cc1ccc(C(=O)C2C(=O)N(C)c3ccccc3C2c2ccccc2)cc1. The number of fused-ring (bicyclic) bond motifs is 1. The van der Waals surface area contributed by atoms with Gasteiger partial charge in [0, 0.05) is 24.2 Å². The molecule has 0 saturated heterocycles. The second-order valence-electron chi connectivity index (χ2n) is 7.05. The third kappa shape index (κ3) is 2.95. The van der Waals surface area contributed by atoms with E-state index in [-0.39, 0.29) is 17.6 Å². The molecule has 134 valence electrons. The Kier molecular flexibility index (Phi) is 4.36. The number of para-hydroxylation sites is 1. The van der Waals surface area contributed by atoms with Gasteiger partial charge in [-0.3, -0.25) is 9.59 Å². The van der Waals surface area contributed by atoms with Crippen molar-refractivity contribution < 1.29 is 9.59 Å². The summed E-state index contributed by atoms with van der Waals surface area (Å²) >= 11 is 0. The Balaban J connectivity index is 1.89. The molecule has 0 bridgehead atoms. The van der Waals surface area contributed by atoms with E-state index in [1.807, 2.05) is 85.8 Å². The number of amides is 1. The van der Waals surface area contributed by atoms with Crippen molar-refractivity contribution in [2.75, 3.05) is 11.9 Å². The average molecular weight is 355 g/mol. The number of ketones is 1. The number of benzene rings is 3. The van der Waals surface area contributed by atoms with E-state index in [0.29, 0.717) is 5.56 Å². The lowest BCUT2D eigenvalue weighted by Gasteiger charge is -2.37. The largest absolute Gasteiger partial charge is 0.315 e. The van der Waals surface area contributed by atoms with E-state index < -0.39 is 5.92 Å². The van der Waals surface area contributed by atoms with Crippen molar-refractivity contribution >= 4 is 17.4 Å². The molecule has 1 aliphatic heterocycles. The van der Waals surface area contributed by atoms with Crippen LogP contribution in [0.1, 0.15) is 33.0 Å². The van der Waals surface area contributed by atoms with Crippen LogP contribution in [0.25, 0.3) is 0 Å². The van der Waals surface area contributed by atoms with Crippen LogP contribution in [0, 0.1) is 12.8 Å². The molecule has 0 radical (unpaired) electrons. The lowest BCUT2D eigenvalue weighted by atomic mass is 9.73. The van der Waals surface area contributed by atoms with E-state index in [0.717, 1.165) is 22.4 Å². The Hall–Kier alpha value is -3.20. The van der Waals surface area contributed by atoms with E-state index in [2.05, 4.69) is 0 Å². The molecule has 0 saturated carbocycles. The molecule has 1 heterocycles. The highest BCUT2D eigenvalue weighted by molar-refractivity contribution is 6.16. The summed E-state index contributed by atoms with van der Waals surface area (Å²) < 4.78 is 0. The third-order valence-corrected chi connectivity index (χ3v) is 5.34. The zero-order valence-electron chi connectivity index (χ0n) is 15.4. The maximum absolute atomic E-state index is 13.4. The van der Waals surface area contributed by atoms with E-state index in [9.17, 15) is 9.59 Å². The number of nitrogens with zero attached hydrogens (tertiary/aromatic N) is 1. The van der Waals surface area contributed by atoms with Gasteiger partial charge in [-0.05, 0) is 24.1 Å². The quantitative estimate of drug-likeness (QED) is 0.508. The van der Waals surface area contributed by atoms with Crippen LogP contribution in [0.15, 0.2) is 78.9 Å². The van der Waals surface area contributed by atoms with Gasteiger partial charge in [-0.15, -0.1) is 0 Å². The fourth-order valence-corrected chi connectivity index (χ4v) is 3.90. The third-order valence-electron chi connectivity index (χ3n) is 5.34. The second kappa shape index (κ2) is 6.84. The Morgan fingerprint density at radius 3 is 2.19 bits per heavy atom. The summed E-state index contributed by atoms with van der Waals surface area (Å²) in [6, 6.07) is 25.1. The molecule has 0 N–H and O–H groups in total. The number of hydrogen-bond donors (Lipinski definition) is 0. The molecule has 3 aromatic rings. The number of Topliss-reactive ketones (excluding diaryl/α,β-unsaturated/α-hetero) is 1. The molecule has 1 aliphatic rings. The molecule has 2 unspecified atom stereocenters. The highest BCUT2D eigenvalue weighted by Crippen LogP contribution is 2.43. The van der Waals surface area contributed by atoms with Crippen LogP contribution in [0.5, 0.6) is 0 Å². The van der Waals surface area contributed by atoms with E-state index in [1.165, 1.54) is 0 Å². The number of hydrogen-bond acceptors (Lipinski definition) is 2. The van der Waals surface area contributed by atoms with Crippen LogP contribution in [-0.2, 0) is 4.79 Å². The summed E-state index contributed by atoms with van der Waals surface area (Å²) in [5.41, 5.74) is 4.52. The number of carbonyl (C=O) groups is 2. The van der Waals surface area contributed by atoms with Crippen molar-refractivity contribution in [3.63, 3.8) is 0 Å². The number of rotatable bonds is 3. The van der Waals surface area contributed by atoms with Crippen molar-refractivity contribution in [2.24, 2.45) is 5.92 Å². The molecule has 0 aliphatic carbocycles. The van der Waals surface area contributed by atoms with Gasteiger partial charge >= 0.3 is 0 Å². The van der Waals surface area contributed by atoms with Gasteiger partial charge in [-0.1, -0.05) is 78.4 Å². The molecule has 3 heteroatoms. The van der Waals surface area contributed by atoms with Gasteiger partial charge in [0.25, 0.3) is 0 Å². The molecule has 27 heavy (non-hydrogen) atoms. The topological polar surface area (TPSA) is 37.4 Å². The van der Waals surface area contributed by atoms with Crippen LogP contribution in [0.4, 0.5) is 5.69 Å². The fraction of sp³-hybridized carbons (Fsp3) is 0.167. The molecule has 0 aromatic heterocycles. The Labute approximate surface area is 159 Å². The van der Waals surface area contributed by atoms with Crippen molar-refractivity contribution in [2.45, 2.75) is 12.8 Å². The normalized spacial score (nSPS) is 18.9. The maximum atomic E-state index is 13.4. The van der Waals surface area contributed by atoms with Gasteiger partial charge in [0.2, 0.25) is 5.91 Å². The summed E-state index contributed by atoms with van der Waals surface area (Å²) in [6.07, 6.45) is 0. The first-order valence-corrected chi connectivity index (χ1v) is 9.10. The van der Waals surface area contributed by atoms with E-state index >= 15 is 0 Å². The first kappa shape index (κ1) is 17.2. The number of carbonyl (C=O) groups excluding carboxylic acids is 2. The summed E-state index contributed by atoms with van der Waals surface area (Å²) in [5, 5.41) is 0. The number of anilines is 1. The van der Waals surface area contributed by atoms with Crippen LogP contribution in [0.2, 0.25) is 0 Å². The lowest BCUT2D eigenvalue weighted by molar-refractivity contribution is -0.121. The van der Waals surface area contributed by atoms with Crippen LogP contribution < -0.4 is 4.90 Å². The lowest BCUT2D eigenvalue weighted by Crippen LogP contribution is -2.45. The predicted octanol–water partition coefficient (Wildman–Crippen LogP) is 4.60. The van der Waals surface area contributed by atoms with Crippen LogP contribution >= 0.6 is 0 Å². The minimum atomic E-state index is -0.769. The molecular formula is C24H21NO2. The average Bonchev–Trinajstić information content (AvgIpc) is 2.71. The van der Waals surface area contributed by atoms with E-state index in [4.69, 9.17) is 0 Å². The first-order chi connectivity index (χ1) is 13.1. The van der Waals surface area contributed by atoms with Gasteiger partial charge < -0.3 is 4.90 Å². The zero-order valence-corrected chi connectivity index (χ0v) is 15.4. The monoisotopic (exact) mass is 355 g/mol. The van der Waals surface area contributed by atoms with Crippen molar-refractivity contribution in [3.05, 3.63) is 101 Å². The maximum Gasteiger partial charge on any atom is 0.238 e. The van der Waals surface area contributed by atoms with Crippen LogP contribution in [-0.4, -0.2) is 18.7 Å². The summed E-state index contributed by atoms with van der Waals surface area (Å²) in [6.45, 7) is 1.98. The summed E-state index contributed by atoms with van der Waals surface area (Å²) in [5.74, 6) is -1.35. The predicted molar refractivity (Wildman–Crippen MR) is 107 cm³/mol. The molecule has 1 amide bonds. The molecule has 0 fully saturated rings. The molecule has 3 nitrogen and oxygen atoms in total. The summed E-state index contributed by atoms with van der Waals surface area (Å²) in [7, 11) is 1.75. The van der Waals surface area contributed by atoms with Crippen molar-refractivity contribution in [1.82, 2.24) is 0 Å². The number of aryl methyl sites for hydroxylation is 1. The minimum Gasteiger partial charge on any atom is -0.315 e. The molecule has 2 atom stereocenters. The van der Waals surface area contributed by atoms with Gasteiger partial charge in [0.1, 0.15) is 5.92 Å². The Morgan fingerprint density at radius 2 is 1.48 bits per heavy atom. The van der Waals surface area contributed by atoms with Crippen LogP contribution in [0.3, 0.4) is 0 Å². The Bertz CT molecular complexity index is 992. The van der Waals surface area contributed by atoms with Crippen molar-refractivity contribution in [3.8, 4) is 0 Å². The summed E-state index contributed by atoms with van der Waals surface area (Å²) in [4.78, 5) is 28.3. The highest BCUT2D eigenvalue weighted by Gasteiger charge is 2.44.